The number of benzene rings is 3. The van der Waals surface area contributed by atoms with Gasteiger partial charge in [-0.05, 0) is 28.9 Å². The molecule has 0 amide bonds. The first-order chi connectivity index (χ1) is 17.9. The van der Waals surface area contributed by atoms with Gasteiger partial charge in [0.25, 0.3) is 0 Å². The van der Waals surface area contributed by atoms with Crippen molar-refractivity contribution in [2.75, 3.05) is 0 Å². The molecule has 0 aliphatic carbocycles. The monoisotopic (exact) mass is 698 g/mol. The van der Waals surface area contributed by atoms with Crippen LogP contribution in [0.2, 0.25) is 12.1 Å². The van der Waals surface area contributed by atoms with Gasteiger partial charge in [0.2, 0.25) is 0 Å². The van der Waals surface area contributed by atoms with Crippen molar-refractivity contribution >= 4 is 19.2 Å². The summed E-state index contributed by atoms with van der Waals surface area (Å²) in [5.74, 6) is 0.932. The van der Waals surface area contributed by atoms with Gasteiger partial charge in [-0.1, -0.05) is 100 Å². The Balaban J connectivity index is 0.000000518. The zero-order chi connectivity index (χ0) is 26.3. The van der Waals surface area contributed by atoms with Crippen molar-refractivity contribution in [1.29, 1.82) is 0 Å². The van der Waals surface area contributed by atoms with Crippen LogP contribution in [0, 0.1) is 20.4 Å². The van der Waals surface area contributed by atoms with E-state index in [1.807, 2.05) is 42.5 Å². The van der Waals surface area contributed by atoms with E-state index in [1.165, 1.54) is 47.1 Å². The maximum atomic E-state index is 5.70. The van der Waals surface area contributed by atoms with Crippen molar-refractivity contribution in [3.63, 3.8) is 0 Å². The summed E-state index contributed by atoms with van der Waals surface area (Å²) in [4.78, 5) is 10.9. The molecule has 1 aliphatic heterocycles. The van der Waals surface area contributed by atoms with E-state index in [-0.39, 0.29) is 33.3 Å². The summed E-state index contributed by atoms with van der Waals surface area (Å²) in [6.07, 6.45) is 2.53. The topological polar surface area (TPSA) is 27.0 Å². The summed E-state index contributed by atoms with van der Waals surface area (Å²) in [5, 5.41) is 1.24. The molecule has 1 aromatic heterocycles. The minimum absolute atomic E-state index is 0. The van der Waals surface area contributed by atoms with Crippen molar-refractivity contribution < 1.29 is 25.8 Å². The fourth-order valence-corrected chi connectivity index (χ4v) is 9.31. The van der Waals surface area contributed by atoms with Crippen molar-refractivity contribution in [2.24, 2.45) is 0 Å². The summed E-state index contributed by atoms with van der Waals surface area (Å²) < 4.78 is 0. The largest absolute Gasteiger partial charge is 4.00 e. The molecule has 5 rings (SSSR count). The quantitative estimate of drug-likeness (QED) is 0.146. The Bertz CT molecular complexity index is 1240. The van der Waals surface area contributed by atoms with Crippen LogP contribution in [0.5, 0.6) is 0 Å². The molecular weight excluding hydrogens is 655 g/mol. The van der Waals surface area contributed by atoms with Crippen molar-refractivity contribution in [3.05, 3.63) is 133 Å². The molecule has 0 bridgehead atoms. The smallest absolute Gasteiger partial charge is 0.681 e. The SMILES string of the molecule is CC(C)c1cccc(C(C)C)c1[N-][Si]1(c2cccc(-c3[c-]cccc3)n2)CCCC1.[CH2-]c1ccccc1.[CH3-].[Hf+4]. The minimum Gasteiger partial charge on any atom is -0.681 e. The van der Waals surface area contributed by atoms with Crippen LogP contribution >= 0.6 is 0 Å². The first-order valence-electron chi connectivity index (χ1n) is 13.6. The standard InChI is InChI=1S/C27H32N2Si.C7H7.CH3.Hf/c1-20(2)23-14-10-15-24(21(3)4)27(23)29-30(18-8-9-19-30)26-17-11-16-25(28-26)22-12-6-5-7-13-22;1-7-5-3-2-4-6-7;;/h5-7,10-12,14-17,20-21H,8-9,18-19H2,1-4H3;2-6H,1H2;1H3;/q-2;2*-1;+4. The molecular formula is C35H42HfN2Si. The van der Waals surface area contributed by atoms with Crippen molar-refractivity contribution in [1.82, 2.24) is 4.98 Å². The first-order valence-corrected chi connectivity index (χ1v) is 15.9. The molecule has 3 aromatic carbocycles. The second kappa shape index (κ2) is 15.4. The number of hydrogen-bond acceptors (Lipinski definition) is 1. The number of pyridine rings is 1. The van der Waals surface area contributed by atoms with E-state index < -0.39 is 8.24 Å². The minimum atomic E-state index is -2.07. The van der Waals surface area contributed by atoms with Crippen LogP contribution in [0.1, 0.15) is 69.1 Å². The third-order valence-corrected chi connectivity index (χ3v) is 11.4. The fraction of sp³-hybridized carbons (Fsp3) is 0.286. The van der Waals surface area contributed by atoms with E-state index in [4.69, 9.17) is 9.97 Å². The van der Waals surface area contributed by atoms with Gasteiger partial charge in [0, 0.05) is 8.24 Å². The van der Waals surface area contributed by atoms with Gasteiger partial charge in [-0.2, -0.15) is 24.6 Å². The molecule has 0 spiro atoms. The molecule has 0 atom stereocenters. The Morgan fingerprint density at radius 2 is 1.36 bits per heavy atom. The van der Waals surface area contributed by atoms with Gasteiger partial charge < -0.3 is 17.4 Å². The summed E-state index contributed by atoms with van der Waals surface area (Å²) in [5.41, 5.74) is 7.17. The molecule has 1 aliphatic rings. The molecule has 1 fully saturated rings. The summed E-state index contributed by atoms with van der Waals surface area (Å²) in [7, 11) is -2.07. The molecule has 0 radical (unpaired) electrons. The number of nitrogens with zero attached hydrogens (tertiary/aromatic N) is 2. The maximum absolute atomic E-state index is 5.70. The number of rotatable bonds is 6. The van der Waals surface area contributed by atoms with Crippen LogP contribution in [-0.2, 0) is 25.8 Å². The van der Waals surface area contributed by atoms with Crippen LogP contribution < -0.4 is 5.32 Å². The second-order valence-corrected chi connectivity index (χ2v) is 14.4. The predicted octanol–water partition coefficient (Wildman–Crippen LogP) is 9.76. The van der Waals surface area contributed by atoms with Gasteiger partial charge in [-0.3, -0.25) is 0 Å². The Hall–Kier alpha value is -2.43. The Morgan fingerprint density at radius 3 is 1.87 bits per heavy atom. The molecule has 4 heteroatoms. The molecule has 0 saturated carbocycles. The van der Waals surface area contributed by atoms with E-state index >= 15 is 0 Å². The number of aromatic nitrogens is 1. The van der Waals surface area contributed by atoms with Crippen molar-refractivity contribution in [2.45, 2.75) is 64.5 Å². The molecule has 4 aromatic rings. The van der Waals surface area contributed by atoms with E-state index in [0.717, 1.165) is 16.8 Å². The Morgan fingerprint density at radius 1 is 0.769 bits per heavy atom. The van der Waals surface area contributed by atoms with Crippen LogP contribution in [0.4, 0.5) is 5.69 Å². The van der Waals surface area contributed by atoms with Gasteiger partial charge in [-0.15, -0.1) is 53.7 Å². The maximum Gasteiger partial charge on any atom is 4.00 e. The van der Waals surface area contributed by atoms with Crippen LogP contribution in [-0.4, -0.2) is 13.2 Å². The molecule has 0 N–H and O–H groups in total. The molecule has 0 unspecified atom stereocenters. The van der Waals surface area contributed by atoms with E-state index in [9.17, 15) is 0 Å². The third kappa shape index (κ3) is 8.28. The van der Waals surface area contributed by atoms with Crippen molar-refractivity contribution in [3.8, 4) is 11.3 Å². The van der Waals surface area contributed by atoms with Gasteiger partial charge in [0.15, 0.2) is 0 Å². The first kappa shape index (κ1) is 32.8. The zero-order valence-electron chi connectivity index (χ0n) is 24.2. The van der Waals surface area contributed by atoms with E-state index in [1.54, 1.807) is 0 Å². The molecule has 2 heterocycles. The number of hydrogen-bond donors (Lipinski definition) is 0. The molecule has 200 valence electrons. The van der Waals surface area contributed by atoms with Gasteiger partial charge in [0.1, 0.15) is 0 Å². The predicted molar refractivity (Wildman–Crippen MR) is 168 cm³/mol. The summed E-state index contributed by atoms with van der Waals surface area (Å²) in [6.45, 7) is 12.9. The van der Waals surface area contributed by atoms with E-state index in [0.29, 0.717) is 11.8 Å². The average molecular weight is 697 g/mol. The third-order valence-electron chi connectivity index (χ3n) is 7.15. The van der Waals surface area contributed by atoms with Crippen LogP contribution in [0.25, 0.3) is 16.2 Å². The molecule has 39 heavy (non-hydrogen) atoms. The van der Waals surface area contributed by atoms with Gasteiger partial charge >= 0.3 is 25.8 Å². The summed E-state index contributed by atoms with van der Waals surface area (Å²) in [6, 6.07) is 37.0. The normalized spacial score (nSPS) is 13.6. The van der Waals surface area contributed by atoms with Gasteiger partial charge in [0.05, 0.1) is 0 Å². The van der Waals surface area contributed by atoms with E-state index in [2.05, 4.69) is 89.2 Å². The van der Waals surface area contributed by atoms with Crippen LogP contribution in [0.3, 0.4) is 0 Å². The average Bonchev–Trinajstić information content (AvgIpc) is 3.40. The molecule has 2 nitrogen and oxygen atoms in total. The summed E-state index contributed by atoms with van der Waals surface area (Å²) >= 11 is 0. The fourth-order valence-electron chi connectivity index (χ4n) is 5.11. The Labute approximate surface area is 257 Å². The molecule has 1 saturated heterocycles. The second-order valence-electron chi connectivity index (χ2n) is 10.6. The zero-order valence-corrected chi connectivity index (χ0v) is 28.8. The Kier molecular flexibility index (Phi) is 12.9. The van der Waals surface area contributed by atoms with Crippen LogP contribution in [0.15, 0.2) is 91.0 Å². The van der Waals surface area contributed by atoms with Gasteiger partial charge in [-0.25, -0.2) is 0 Å².